The molecule has 5 nitrogen and oxygen atoms in total. The molecule has 6 heteroatoms. The molecule has 1 aliphatic rings. The third-order valence-corrected chi connectivity index (χ3v) is 4.22. The van der Waals surface area contributed by atoms with Gasteiger partial charge in [0, 0.05) is 5.39 Å². The predicted octanol–water partition coefficient (Wildman–Crippen LogP) is 1.51. The van der Waals surface area contributed by atoms with Gasteiger partial charge in [-0.15, -0.1) is 0 Å². The Labute approximate surface area is 118 Å². The lowest BCUT2D eigenvalue weighted by atomic mass is 9.78. The number of nitrogens with two attached hydrogens (primary N) is 1. The van der Waals surface area contributed by atoms with Crippen LogP contribution in [0.1, 0.15) is 27.7 Å². The SMILES string of the molecule is CC1(C)OB(c2ccc3ncnc(N)c3c2)OC1(C)C. The monoisotopic (exact) mass is 271 g/mol. The van der Waals surface area contributed by atoms with Crippen molar-refractivity contribution in [2.45, 2.75) is 38.9 Å². The van der Waals surface area contributed by atoms with Crippen LogP contribution in [0.5, 0.6) is 0 Å². The van der Waals surface area contributed by atoms with Crippen molar-refractivity contribution in [3.63, 3.8) is 0 Å². The molecule has 0 bridgehead atoms. The maximum absolute atomic E-state index is 6.04. The van der Waals surface area contributed by atoms with E-state index >= 15 is 0 Å². The van der Waals surface area contributed by atoms with Crippen molar-refractivity contribution in [3.05, 3.63) is 24.5 Å². The van der Waals surface area contributed by atoms with E-state index in [0.717, 1.165) is 16.4 Å². The minimum absolute atomic E-state index is 0.356. The van der Waals surface area contributed by atoms with Crippen LogP contribution in [0.2, 0.25) is 0 Å². The van der Waals surface area contributed by atoms with Gasteiger partial charge in [-0.3, -0.25) is 0 Å². The fourth-order valence-electron chi connectivity index (χ4n) is 2.22. The number of fused-ring (bicyclic) bond motifs is 1. The van der Waals surface area contributed by atoms with E-state index in [1.807, 2.05) is 45.9 Å². The summed E-state index contributed by atoms with van der Waals surface area (Å²) in [6, 6.07) is 5.80. The summed E-state index contributed by atoms with van der Waals surface area (Å²) in [5, 5.41) is 0.819. The smallest absolute Gasteiger partial charge is 0.399 e. The van der Waals surface area contributed by atoms with Crippen LogP contribution in [0.3, 0.4) is 0 Å². The van der Waals surface area contributed by atoms with Crippen LogP contribution in [0.25, 0.3) is 10.9 Å². The van der Waals surface area contributed by atoms with E-state index in [-0.39, 0.29) is 11.2 Å². The highest BCUT2D eigenvalue weighted by Gasteiger charge is 2.51. The summed E-state index contributed by atoms with van der Waals surface area (Å²) in [4.78, 5) is 8.21. The van der Waals surface area contributed by atoms with Gasteiger partial charge in [-0.05, 0) is 45.3 Å². The zero-order chi connectivity index (χ0) is 14.5. The van der Waals surface area contributed by atoms with Gasteiger partial charge in [0.15, 0.2) is 0 Å². The molecule has 3 rings (SSSR count). The number of aromatic nitrogens is 2. The molecule has 0 atom stereocenters. The molecule has 2 aromatic rings. The van der Waals surface area contributed by atoms with E-state index < -0.39 is 7.12 Å². The first-order valence-electron chi connectivity index (χ1n) is 6.66. The summed E-state index contributed by atoms with van der Waals surface area (Å²) in [6.45, 7) is 8.13. The van der Waals surface area contributed by atoms with Gasteiger partial charge in [-0.25, -0.2) is 9.97 Å². The fourth-order valence-corrected chi connectivity index (χ4v) is 2.22. The lowest BCUT2D eigenvalue weighted by Crippen LogP contribution is -2.41. The number of nitrogen functional groups attached to an aromatic ring is 1. The summed E-state index contributed by atoms with van der Waals surface area (Å²) in [5.74, 6) is 0.466. The Morgan fingerprint density at radius 3 is 2.35 bits per heavy atom. The van der Waals surface area contributed by atoms with Crippen LogP contribution in [-0.2, 0) is 9.31 Å². The Morgan fingerprint density at radius 1 is 1.05 bits per heavy atom. The zero-order valence-corrected chi connectivity index (χ0v) is 12.2. The minimum atomic E-state index is -0.399. The van der Waals surface area contributed by atoms with E-state index in [4.69, 9.17) is 15.0 Å². The quantitative estimate of drug-likeness (QED) is 0.796. The number of nitrogens with zero attached hydrogens (tertiary/aromatic N) is 2. The molecule has 0 amide bonds. The standard InChI is InChI=1S/C14H18BN3O2/c1-13(2)14(3,4)20-15(19-13)9-5-6-11-10(7-9)12(16)18-8-17-11/h5-8H,1-4H3,(H2,16,17,18). The van der Waals surface area contributed by atoms with Gasteiger partial charge in [0.2, 0.25) is 0 Å². The molecule has 0 aliphatic carbocycles. The van der Waals surface area contributed by atoms with E-state index in [0.29, 0.717) is 5.82 Å². The lowest BCUT2D eigenvalue weighted by Gasteiger charge is -2.32. The maximum atomic E-state index is 6.04. The Hall–Kier alpha value is -1.66. The van der Waals surface area contributed by atoms with E-state index in [2.05, 4.69) is 9.97 Å². The van der Waals surface area contributed by atoms with Gasteiger partial charge in [0.05, 0.1) is 16.7 Å². The van der Waals surface area contributed by atoms with Crippen LogP contribution in [0, 0.1) is 0 Å². The fraction of sp³-hybridized carbons (Fsp3) is 0.429. The van der Waals surface area contributed by atoms with Gasteiger partial charge in [0.25, 0.3) is 0 Å². The second kappa shape index (κ2) is 4.17. The zero-order valence-electron chi connectivity index (χ0n) is 12.2. The van der Waals surface area contributed by atoms with Crippen molar-refractivity contribution < 1.29 is 9.31 Å². The molecule has 2 N–H and O–H groups in total. The summed E-state index contributed by atoms with van der Waals surface area (Å²) < 4.78 is 12.1. The van der Waals surface area contributed by atoms with Crippen LogP contribution in [0.4, 0.5) is 5.82 Å². The van der Waals surface area contributed by atoms with Crippen molar-refractivity contribution >= 4 is 29.3 Å². The first kappa shape index (κ1) is 13.3. The Balaban J connectivity index is 2.02. The first-order valence-corrected chi connectivity index (χ1v) is 6.66. The summed E-state index contributed by atoms with van der Waals surface area (Å²) in [7, 11) is -0.399. The highest BCUT2D eigenvalue weighted by atomic mass is 16.7. The van der Waals surface area contributed by atoms with Crippen molar-refractivity contribution in [1.29, 1.82) is 0 Å². The topological polar surface area (TPSA) is 70.3 Å². The Kier molecular flexibility index (Phi) is 2.78. The summed E-state index contributed by atoms with van der Waals surface area (Å²) in [6.07, 6.45) is 1.46. The van der Waals surface area contributed by atoms with Crippen LogP contribution >= 0.6 is 0 Å². The molecule has 1 fully saturated rings. The lowest BCUT2D eigenvalue weighted by molar-refractivity contribution is 0.00578. The Morgan fingerprint density at radius 2 is 1.70 bits per heavy atom. The van der Waals surface area contributed by atoms with Crippen molar-refractivity contribution in [1.82, 2.24) is 9.97 Å². The molecule has 1 saturated heterocycles. The molecular formula is C14H18BN3O2. The molecule has 0 radical (unpaired) electrons. The van der Waals surface area contributed by atoms with Crippen molar-refractivity contribution in [2.75, 3.05) is 5.73 Å². The van der Waals surface area contributed by atoms with Gasteiger partial charge < -0.3 is 15.0 Å². The van der Waals surface area contributed by atoms with E-state index in [1.54, 1.807) is 0 Å². The van der Waals surface area contributed by atoms with E-state index in [9.17, 15) is 0 Å². The largest absolute Gasteiger partial charge is 0.494 e. The Bertz CT molecular complexity index is 657. The maximum Gasteiger partial charge on any atom is 0.494 e. The molecule has 0 spiro atoms. The van der Waals surface area contributed by atoms with Crippen LogP contribution < -0.4 is 11.2 Å². The molecule has 104 valence electrons. The highest BCUT2D eigenvalue weighted by molar-refractivity contribution is 6.62. The molecular weight excluding hydrogens is 253 g/mol. The van der Waals surface area contributed by atoms with Gasteiger partial charge in [-0.2, -0.15) is 0 Å². The van der Waals surface area contributed by atoms with Gasteiger partial charge in [-0.1, -0.05) is 6.07 Å². The highest BCUT2D eigenvalue weighted by Crippen LogP contribution is 2.36. The molecule has 1 aliphatic heterocycles. The van der Waals surface area contributed by atoms with Gasteiger partial charge in [0.1, 0.15) is 12.1 Å². The number of hydrogen-bond donors (Lipinski definition) is 1. The molecule has 2 heterocycles. The van der Waals surface area contributed by atoms with Crippen molar-refractivity contribution in [2.24, 2.45) is 0 Å². The van der Waals surface area contributed by atoms with Crippen LogP contribution in [-0.4, -0.2) is 28.3 Å². The van der Waals surface area contributed by atoms with E-state index in [1.165, 1.54) is 6.33 Å². The third kappa shape index (κ3) is 1.96. The molecule has 0 saturated carbocycles. The second-order valence-electron chi connectivity index (χ2n) is 6.12. The average Bonchev–Trinajstić information content (AvgIpc) is 2.59. The third-order valence-electron chi connectivity index (χ3n) is 4.22. The number of anilines is 1. The first-order chi connectivity index (χ1) is 9.30. The van der Waals surface area contributed by atoms with Crippen molar-refractivity contribution in [3.8, 4) is 0 Å². The average molecular weight is 271 g/mol. The summed E-state index contributed by atoms with van der Waals surface area (Å²) >= 11 is 0. The number of hydrogen-bond acceptors (Lipinski definition) is 5. The second-order valence-corrected chi connectivity index (χ2v) is 6.12. The van der Waals surface area contributed by atoms with Crippen LogP contribution in [0.15, 0.2) is 24.5 Å². The number of benzene rings is 1. The molecule has 0 unspecified atom stereocenters. The molecule has 20 heavy (non-hydrogen) atoms. The number of rotatable bonds is 1. The minimum Gasteiger partial charge on any atom is -0.399 e. The molecule has 1 aromatic heterocycles. The molecule has 1 aromatic carbocycles. The summed E-state index contributed by atoms with van der Waals surface area (Å²) in [5.41, 5.74) is 6.93. The normalized spacial score (nSPS) is 20.5. The van der Waals surface area contributed by atoms with Gasteiger partial charge >= 0.3 is 7.12 Å². The predicted molar refractivity (Wildman–Crippen MR) is 79.7 cm³/mol.